The van der Waals surface area contributed by atoms with Crippen molar-refractivity contribution in [1.29, 1.82) is 0 Å². The molecule has 0 spiro atoms. The van der Waals surface area contributed by atoms with Gasteiger partial charge in [-0.3, -0.25) is 15.0 Å². The van der Waals surface area contributed by atoms with Crippen LogP contribution in [0, 0.1) is 24.3 Å². The fraction of sp³-hybridized carbons (Fsp3) is 0. The molecule has 12 rings (SSSR count). The first-order valence-corrected chi connectivity index (χ1v) is 22.0. The summed E-state index contributed by atoms with van der Waals surface area (Å²) in [5, 5.41) is 0. The smallest absolute Gasteiger partial charge is 0.144 e. The van der Waals surface area contributed by atoms with Gasteiger partial charge in [0, 0.05) is 111 Å². The number of benzene rings is 4. The van der Waals surface area contributed by atoms with Gasteiger partial charge in [-0.1, -0.05) is 76.3 Å². The Morgan fingerprint density at radius 3 is 1.28 bits per heavy atom. The molecule has 0 aliphatic rings. The van der Waals surface area contributed by atoms with E-state index in [1.807, 2.05) is 146 Å². The molecule has 380 valence electrons. The largest absolute Gasteiger partial charge is 0.305 e. The molecule has 0 saturated carbocycles. The SMILES string of the molecule is [Ir].[Ir].[Ir].[Ir].[c-]1c(-c2ccccn2)cccc1-c1ncncn1.[c-]1cc(-c2ncncn2)ccc1-c1ccccn1.[c-]1ccc(-c2ncncn2)cc1-c1ccccn1.[c-]1cccc(-c2ncncn2)c1-c1ccccn1. The predicted octanol–water partition coefficient (Wildman–Crippen LogP) is 9.59. The second-order valence-electron chi connectivity index (χ2n) is 14.6. The summed E-state index contributed by atoms with van der Waals surface area (Å²) in [4.78, 5) is 65.4. The van der Waals surface area contributed by atoms with Gasteiger partial charge >= 0.3 is 0 Å². The van der Waals surface area contributed by atoms with Crippen LogP contribution >= 0.6 is 0 Å². The first-order valence-electron chi connectivity index (χ1n) is 22.0. The van der Waals surface area contributed by atoms with Crippen LogP contribution in [0.25, 0.3) is 90.6 Å². The van der Waals surface area contributed by atoms with Gasteiger partial charge in [-0.2, -0.15) is 0 Å². The summed E-state index contributed by atoms with van der Waals surface area (Å²) >= 11 is 0. The minimum Gasteiger partial charge on any atom is -0.305 e. The quantitative estimate of drug-likeness (QED) is 0.130. The molecule has 8 aromatic heterocycles. The Morgan fingerprint density at radius 2 is 0.763 bits per heavy atom. The van der Waals surface area contributed by atoms with Crippen molar-refractivity contribution in [3.63, 3.8) is 0 Å². The van der Waals surface area contributed by atoms with Gasteiger partial charge in [-0.15, -0.1) is 114 Å². The molecular weight excluding hydrogens is 1670 g/mol. The minimum absolute atomic E-state index is 0. The molecule has 16 nitrogen and oxygen atoms in total. The average Bonchev–Trinajstić information content (AvgIpc) is 3.49. The summed E-state index contributed by atoms with van der Waals surface area (Å²) < 4.78 is 0. The average molecular weight is 1700 g/mol. The van der Waals surface area contributed by atoms with E-state index in [4.69, 9.17) is 0 Å². The normalized spacial score (nSPS) is 9.68. The second kappa shape index (κ2) is 31.8. The molecule has 0 saturated heterocycles. The van der Waals surface area contributed by atoms with Crippen LogP contribution in [0.4, 0.5) is 0 Å². The Labute approximate surface area is 492 Å². The molecule has 0 bridgehead atoms. The molecule has 20 heteroatoms. The number of pyridine rings is 4. The van der Waals surface area contributed by atoms with Crippen LogP contribution in [-0.2, 0) is 80.4 Å². The molecule has 0 N–H and O–H groups in total. The van der Waals surface area contributed by atoms with Crippen molar-refractivity contribution in [1.82, 2.24) is 79.7 Å². The molecule has 0 unspecified atom stereocenters. The molecule has 8 heterocycles. The Kier molecular flexibility index (Phi) is 24.7. The molecule has 0 fully saturated rings. The zero-order chi connectivity index (χ0) is 48.8. The first kappa shape index (κ1) is 59.0. The third-order valence-electron chi connectivity index (χ3n) is 9.98. The Hall–Kier alpha value is -7.88. The predicted molar refractivity (Wildman–Crippen MR) is 269 cm³/mol. The number of aromatic nitrogens is 16. The standard InChI is InChI=1S/4C14H9N4.4Ir/c2*1-2-7-16-13(6-1)11-4-3-5-12(8-11)14-17-9-15-10-18-14;1-2-6-12(14-17-9-15-10-18-14)11(5-1)13-7-3-4-8-16-13;1-2-8-16-13(3-1)11-4-6-12(7-5-11)14-17-9-15-10-18-14;;;;/h1-3,5-10H;1-7,9-10H;2*1-4,6-10H;;;;/q4*-1;;;;. The Balaban J connectivity index is 0.000000184. The molecule has 12 aromatic rings. The molecular formula is C56H36Ir4N16-4. The van der Waals surface area contributed by atoms with Gasteiger partial charge in [0.2, 0.25) is 0 Å². The van der Waals surface area contributed by atoms with E-state index >= 15 is 0 Å². The summed E-state index contributed by atoms with van der Waals surface area (Å²) in [5.74, 6) is 2.54. The van der Waals surface area contributed by atoms with E-state index in [1.165, 1.54) is 50.6 Å². The van der Waals surface area contributed by atoms with Crippen LogP contribution < -0.4 is 0 Å². The van der Waals surface area contributed by atoms with Crippen molar-refractivity contribution in [2.75, 3.05) is 0 Å². The van der Waals surface area contributed by atoms with Crippen molar-refractivity contribution in [3.8, 4) is 90.6 Å². The number of rotatable bonds is 8. The van der Waals surface area contributed by atoms with Crippen LogP contribution in [0.1, 0.15) is 0 Å². The molecule has 76 heavy (non-hydrogen) atoms. The van der Waals surface area contributed by atoms with Crippen molar-refractivity contribution in [2.24, 2.45) is 0 Å². The van der Waals surface area contributed by atoms with Crippen LogP contribution in [0.3, 0.4) is 0 Å². The van der Waals surface area contributed by atoms with Gasteiger partial charge in [-0.05, 0) is 41.3 Å². The van der Waals surface area contributed by atoms with E-state index in [0.29, 0.717) is 23.3 Å². The van der Waals surface area contributed by atoms with Gasteiger partial charge in [-0.25, -0.2) is 49.8 Å². The summed E-state index contributed by atoms with van der Waals surface area (Å²) in [6.45, 7) is 0. The van der Waals surface area contributed by atoms with Gasteiger partial charge < -0.3 is 15.0 Å². The molecule has 0 atom stereocenters. The Bertz CT molecular complexity index is 3160. The van der Waals surface area contributed by atoms with Crippen LogP contribution in [0.2, 0.25) is 0 Å². The van der Waals surface area contributed by atoms with Crippen LogP contribution in [0.5, 0.6) is 0 Å². The maximum atomic E-state index is 4.33. The van der Waals surface area contributed by atoms with Crippen molar-refractivity contribution < 1.29 is 80.4 Å². The van der Waals surface area contributed by atoms with E-state index in [2.05, 4.69) is 104 Å². The molecule has 0 amide bonds. The zero-order valence-electron chi connectivity index (χ0n) is 39.3. The van der Waals surface area contributed by atoms with Crippen molar-refractivity contribution in [2.45, 2.75) is 0 Å². The molecule has 4 aromatic carbocycles. The fourth-order valence-electron chi connectivity index (χ4n) is 6.67. The number of hydrogen-bond donors (Lipinski definition) is 0. The third-order valence-corrected chi connectivity index (χ3v) is 9.98. The molecule has 0 aliphatic heterocycles. The summed E-state index contributed by atoms with van der Waals surface area (Å²) in [5.41, 5.74) is 10.8. The first-order chi connectivity index (χ1) is 35.7. The maximum Gasteiger partial charge on any atom is 0.144 e. The maximum absolute atomic E-state index is 4.33. The van der Waals surface area contributed by atoms with E-state index in [-0.39, 0.29) is 80.4 Å². The van der Waals surface area contributed by atoms with E-state index in [9.17, 15) is 0 Å². The van der Waals surface area contributed by atoms with Crippen LogP contribution in [-0.4, -0.2) is 79.7 Å². The Morgan fingerprint density at radius 1 is 0.289 bits per heavy atom. The van der Waals surface area contributed by atoms with E-state index < -0.39 is 0 Å². The van der Waals surface area contributed by atoms with Crippen LogP contribution in [0.15, 0.2) is 221 Å². The molecule has 0 aliphatic carbocycles. The molecule has 4 radical (unpaired) electrons. The van der Waals surface area contributed by atoms with Gasteiger partial charge in [0.15, 0.2) is 0 Å². The second-order valence-corrected chi connectivity index (χ2v) is 14.6. The zero-order valence-corrected chi connectivity index (χ0v) is 48.9. The third kappa shape index (κ3) is 16.8. The van der Waals surface area contributed by atoms with E-state index in [1.54, 1.807) is 24.8 Å². The topological polar surface area (TPSA) is 206 Å². The van der Waals surface area contributed by atoms with E-state index in [0.717, 1.165) is 67.3 Å². The van der Waals surface area contributed by atoms with Gasteiger partial charge in [0.1, 0.15) is 68.1 Å². The number of nitrogens with zero attached hydrogens (tertiary/aromatic N) is 16. The summed E-state index contributed by atoms with van der Waals surface area (Å²) in [6, 6.07) is 59.0. The summed E-state index contributed by atoms with van der Waals surface area (Å²) in [6.07, 6.45) is 18.9. The van der Waals surface area contributed by atoms with Crippen molar-refractivity contribution in [3.05, 3.63) is 245 Å². The number of hydrogen-bond acceptors (Lipinski definition) is 16. The fourth-order valence-corrected chi connectivity index (χ4v) is 6.67. The minimum atomic E-state index is 0. The van der Waals surface area contributed by atoms with Gasteiger partial charge in [0.05, 0.1) is 5.82 Å². The van der Waals surface area contributed by atoms with Gasteiger partial charge in [0.25, 0.3) is 0 Å². The monoisotopic (exact) mass is 1700 g/mol. The summed E-state index contributed by atoms with van der Waals surface area (Å²) in [7, 11) is 0. The van der Waals surface area contributed by atoms with Crippen molar-refractivity contribution >= 4 is 0 Å².